The Balaban J connectivity index is 1.96. The number of phenolic OH excluding ortho intramolecular Hbond substituents is 1. The van der Waals surface area contributed by atoms with Gasteiger partial charge in [-0.15, -0.1) is 0 Å². The molecule has 29 heavy (non-hydrogen) atoms. The molecule has 0 aliphatic heterocycles. The Kier molecular flexibility index (Phi) is 6.19. The van der Waals surface area contributed by atoms with E-state index in [1.54, 1.807) is 31.2 Å². The number of sulfone groups is 1. The van der Waals surface area contributed by atoms with Crippen LogP contribution in [0.2, 0.25) is 0 Å². The van der Waals surface area contributed by atoms with E-state index in [4.69, 9.17) is 0 Å². The summed E-state index contributed by atoms with van der Waals surface area (Å²) in [4.78, 5) is 12.7. The first-order valence-corrected chi connectivity index (χ1v) is 10.8. The van der Waals surface area contributed by atoms with Crippen LogP contribution in [0.25, 0.3) is 11.1 Å². The monoisotopic (exact) mass is 410 g/mol. The van der Waals surface area contributed by atoms with Crippen molar-refractivity contribution in [1.29, 1.82) is 0 Å². The second-order valence-corrected chi connectivity index (χ2v) is 8.63. The van der Waals surface area contributed by atoms with Gasteiger partial charge < -0.3 is 15.7 Å². The molecule has 7 heteroatoms. The van der Waals surface area contributed by atoms with Crippen LogP contribution >= 0.6 is 0 Å². The van der Waals surface area contributed by atoms with Crippen LogP contribution in [-0.4, -0.2) is 25.3 Å². The van der Waals surface area contributed by atoms with Crippen LogP contribution in [-0.2, 0) is 9.84 Å². The zero-order valence-corrected chi connectivity index (χ0v) is 16.7. The largest absolute Gasteiger partial charge is 0.508 e. The number of benzene rings is 3. The Bertz CT molecular complexity index is 1110. The molecule has 0 radical (unpaired) electrons. The Morgan fingerprint density at radius 3 is 2.38 bits per heavy atom. The van der Waals surface area contributed by atoms with E-state index in [2.05, 4.69) is 10.6 Å². The smallest absolute Gasteiger partial charge is 0.323 e. The van der Waals surface area contributed by atoms with E-state index in [-0.39, 0.29) is 16.4 Å². The molecule has 0 saturated carbocycles. The van der Waals surface area contributed by atoms with Crippen LogP contribution in [0.5, 0.6) is 5.75 Å². The van der Waals surface area contributed by atoms with Gasteiger partial charge in [0.1, 0.15) is 5.75 Å². The lowest BCUT2D eigenvalue weighted by molar-refractivity contribution is 0.262. The zero-order chi connectivity index (χ0) is 20.9. The molecule has 0 saturated heterocycles. The number of carbonyl (C=O) groups excluding carboxylic acids is 1. The number of aromatic hydroxyl groups is 1. The minimum Gasteiger partial charge on any atom is -0.508 e. The van der Waals surface area contributed by atoms with Crippen molar-refractivity contribution in [2.45, 2.75) is 18.2 Å². The lowest BCUT2D eigenvalue weighted by Crippen LogP contribution is -2.20. The minimum absolute atomic E-state index is 0.0282. The van der Waals surface area contributed by atoms with Gasteiger partial charge in [0.25, 0.3) is 0 Å². The van der Waals surface area contributed by atoms with Crippen LogP contribution in [0.4, 0.5) is 16.2 Å². The highest BCUT2D eigenvalue weighted by Crippen LogP contribution is 2.31. The van der Waals surface area contributed by atoms with Crippen molar-refractivity contribution in [2.24, 2.45) is 0 Å². The first-order valence-electron chi connectivity index (χ1n) is 9.18. The molecule has 0 bridgehead atoms. The fourth-order valence-corrected chi connectivity index (χ4v) is 4.29. The summed E-state index contributed by atoms with van der Waals surface area (Å²) in [6, 6.07) is 19.7. The number of amides is 2. The first-order chi connectivity index (χ1) is 13.9. The zero-order valence-electron chi connectivity index (χ0n) is 15.9. The molecule has 6 nitrogen and oxygen atoms in total. The molecule has 2 amide bonds. The Morgan fingerprint density at radius 2 is 1.69 bits per heavy atom. The minimum atomic E-state index is -3.44. The number of urea groups is 1. The number of rotatable bonds is 6. The molecule has 0 heterocycles. The van der Waals surface area contributed by atoms with Crippen molar-refractivity contribution in [1.82, 2.24) is 0 Å². The maximum Gasteiger partial charge on any atom is 0.323 e. The summed E-state index contributed by atoms with van der Waals surface area (Å²) in [5.41, 5.74) is 2.34. The van der Waals surface area contributed by atoms with Gasteiger partial charge in [0.2, 0.25) is 0 Å². The third-order valence-electron chi connectivity index (χ3n) is 4.26. The third kappa shape index (κ3) is 5.14. The Hall–Kier alpha value is -3.32. The van der Waals surface area contributed by atoms with E-state index in [0.29, 0.717) is 23.4 Å². The topological polar surface area (TPSA) is 95.5 Å². The van der Waals surface area contributed by atoms with Crippen LogP contribution in [0.1, 0.15) is 13.3 Å². The summed E-state index contributed by atoms with van der Waals surface area (Å²) in [5, 5.41) is 14.9. The van der Waals surface area contributed by atoms with Gasteiger partial charge in [-0.05, 0) is 36.2 Å². The standard InChI is InChI=1S/C22H22N2O4S/c1-2-13-29(27,28)19-11-12-20(16-7-4-3-5-8-16)21(15-19)24-22(26)23-17-9-6-10-18(25)14-17/h3-12,14-15,25H,2,13H2,1H3,(H2,23,24,26). The Labute approximate surface area is 170 Å². The van der Waals surface area contributed by atoms with Crippen molar-refractivity contribution >= 4 is 27.2 Å². The van der Waals surface area contributed by atoms with E-state index in [0.717, 1.165) is 5.56 Å². The van der Waals surface area contributed by atoms with E-state index in [9.17, 15) is 18.3 Å². The maximum atomic E-state index is 12.5. The lowest BCUT2D eigenvalue weighted by atomic mass is 10.0. The maximum absolute atomic E-state index is 12.5. The van der Waals surface area contributed by atoms with E-state index in [1.807, 2.05) is 30.3 Å². The van der Waals surface area contributed by atoms with E-state index < -0.39 is 15.9 Å². The highest BCUT2D eigenvalue weighted by molar-refractivity contribution is 7.91. The second-order valence-electron chi connectivity index (χ2n) is 6.52. The summed E-state index contributed by atoms with van der Waals surface area (Å²) in [5.74, 6) is 0.0625. The average molecular weight is 410 g/mol. The molecule has 0 aliphatic carbocycles. The van der Waals surface area contributed by atoms with Gasteiger partial charge in [-0.1, -0.05) is 49.4 Å². The summed E-state index contributed by atoms with van der Waals surface area (Å²) >= 11 is 0. The molecule has 0 aliphatic rings. The van der Waals surface area contributed by atoms with Crippen LogP contribution < -0.4 is 10.6 Å². The molecule has 0 unspecified atom stereocenters. The molecule has 150 valence electrons. The molecule has 3 N–H and O–H groups in total. The number of phenols is 1. The van der Waals surface area contributed by atoms with Crippen molar-refractivity contribution in [2.75, 3.05) is 16.4 Å². The lowest BCUT2D eigenvalue weighted by Gasteiger charge is -2.14. The molecule has 0 fully saturated rings. The van der Waals surface area contributed by atoms with Gasteiger partial charge in [-0.3, -0.25) is 0 Å². The summed E-state index contributed by atoms with van der Waals surface area (Å²) < 4.78 is 25.0. The van der Waals surface area contributed by atoms with E-state index in [1.165, 1.54) is 18.2 Å². The summed E-state index contributed by atoms with van der Waals surface area (Å²) in [6.07, 6.45) is 0.503. The third-order valence-corrected chi connectivity index (χ3v) is 6.18. The van der Waals surface area contributed by atoms with Crippen molar-refractivity contribution in [3.8, 4) is 16.9 Å². The highest BCUT2D eigenvalue weighted by atomic mass is 32.2. The van der Waals surface area contributed by atoms with Crippen molar-refractivity contribution in [3.05, 3.63) is 72.8 Å². The number of nitrogens with one attached hydrogen (secondary N) is 2. The fourth-order valence-electron chi connectivity index (χ4n) is 2.94. The van der Waals surface area contributed by atoms with Crippen molar-refractivity contribution in [3.63, 3.8) is 0 Å². The van der Waals surface area contributed by atoms with Gasteiger partial charge in [0.05, 0.1) is 16.3 Å². The van der Waals surface area contributed by atoms with Gasteiger partial charge in [0.15, 0.2) is 9.84 Å². The first kappa shape index (κ1) is 20.4. The molecule has 0 spiro atoms. The normalized spacial score (nSPS) is 11.1. The molecule has 0 aromatic heterocycles. The number of carbonyl (C=O) groups is 1. The fraction of sp³-hybridized carbons (Fsp3) is 0.136. The quantitative estimate of drug-likeness (QED) is 0.539. The molecule has 0 atom stereocenters. The molecule has 3 aromatic rings. The average Bonchev–Trinajstić information content (AvgIpc) is 2.68. The van der Waals surface area contributed by atoms with E-state index >= 15 is 0 Å². The van der Waals surface area contributed by atoms with Gasteiger partial charge >= 0.3 is 6.03 Å². The predicted molar refractivity (Wildman–Crippen MR) is 115 cm³/mol. The second kappa shape index (κ2) is 8.79. The van der Waals surface area contributed by atoms with Gasteiger partial charge in [-0.25, -0.2) is 13.2 Å². The molecular weight excluding hydrogens is 388 g/mol. The van der Waals surface area contributed by atoms with Crippen LogP contribution in [0.15, 0.2) is 77.7 Å². The molecular formula is C22H22N2O4S. The van der Waals surface area contributed by atoms with Gasteiger partial charge in [-0.2, -0.15) is 0 Å². The number of anilines is 2. The predicted octanol–water partition coefficient (Wildman–Crippen LogP) is 4.89. The molecule has 3 rings (SSSR count). The summed E-state index contributed by atoms with van der Waals surface area (Å²) in [6.45, 7) is 1.80. The summed E-state index contributed by atoms with van der Waals surface area (Å²) in [7, 11) is -3.44. The highest BCUT2D eigenvalue weighted by Gasteiger charge is 2.17. The number of hydrogen-bond donors (Lipinski definition) is 3. The van der Waals surface area contributed by atoms with Gasteiger partial charge in [0, 0.05) is 17.3 Å². The van der Waals surface area contributed by atoms with Crippen LogP contribution in [0.3, 0.4) is 0 Å². The Morgan fingerprint density at radius 1 is 0.931 bits per heavy atom. The van der Waals surface area contributed by atoms with Crippen LogP contribution in [0, 0.1) is 0 Å². The SMILES string of the molecule is CCCS(=O)(=O)c1ccc(-c2ccccc2)c(NC(=O)Nc2cccc(O)c2)c1. The number of hydrogen-bond acceptors (Lipinski definition) is 4. The molecule has 3 aromatic carbocycles. The van der Waals surface area contributed by atoms with Crippen molar-refractivity contribution < 1.29 is 18.3 Å².